The van der Waals surface area contributed by atoms with Crippen LogP contribution in [0.5, 0.6) is 0 Å². The highest BCUT2D eigenvalue weighted by atomic mass is 35.5. The Morgan fingerprint density at radius 2 is 1.79 bits per heavy atom. The van der Waals surface area contributed by atoms with E-state index in [1.165, 1.54) is 18.2 Å². The minimum absolute atomic E-state index is 0.0444. The molecule has 0 aliphatic heterocycles. The number of hydrogen-bond donors (Lipinski definition) is 1. The topological polar surface area (TPSA) is 66.5 Å². The molecule has 152 valence electrons. The second-order valence-electron chi connectivity index (χ2n) is 6.00. The van der Waals surface area contributed by atoms with Gasteiger partial charge in [-0.25, -0.2) is 8.42 Å². The molecule has 2 aromatic rings. The maximum absolute atomic E-state index is 13.3. The van der Waals surface area contributed by atoms with E-state index in [1.807, 2.05) is 0 Å². The molecule has 0 spiro atoms. The van der Waals surface area contributed by atoms with Crippen LogP contribution >= 0.6 is 11.6 Å². The summed E-state index contributed by atoms with van der Waals surface area (Å²) in [5, 5.41) is 2.05. The molecule has 0 bridgehead atoms. The molecular formula is C18H18ClF3N2O3S. The van der Waals surface area contributed by atoms with Crippen molar-refractivity contribution >= 4 is 38.9 Å². The maximum atomic E-state index is 13.3. The van der Waals surface area contributed by atoms with Crippen LogP contribution in [0.15, 0.2) is 48.5 Å². The number of sulfonamides is 1. The van der Waals surface area contributed by atoms with Crippen molar-refractivity contribution in [2.75, 3.05) is 15.9 Å². The van der Waals surface area contributed by atoms with Crippen LogP contribution in [0.4, 0.5) is 24.5 Å². The molecule has 28 heavy (non-hydrogen) atoms. The number of para-hydroxylation sites is 1. The van der Waals surface area contributed by atoms with Crippen LogP contribution in [0.2, 0.25) is 5.02 Å². The zero-order valence-electron chi connectivity index (χ0n) is 15.0. The number of nitrogens with one attached hydrogen (secondary N) is 1. The molecule has 1 amide bonds. The molecule has 0 aliphatic rings. The van der Waals surface area contributed by atoms with Crippen LogP contribution in [-0.4, -0.2) is 26.6 Å². The number of alkyl halides is 3. The standard InChI is InChI=1S/C18H18ClF3N2O3S/c1-3-16(24(28(2,26)27)13-7-5-4-6-8-13)17(25)23-15-10-9-12(19)11-14(15)18(20,21)22/h4-11,16H,3H2,1-2H3,(H,23,25)/t16-/m0/s1. The molecule has 0 aliphatic carbocycles. The van der Waals surface area contributed by atoms with Gasteiger partial charge in [-0.1, -0.05) is 36.7 Å². The minimum atomic E-state index is -4.74. The Morgan fingerprint density at radius 3 is 2.29 bits per heavy atom. The van der Waals surface area contributed by atoms with Gasteiger partial charge in [0.25, 0.3) is 0 Å². The molecule has 10 heteroatoms. The van der Waals surface area contributed by atoms with Gasteiger partial charge < -0.3 is 5.32 Å². The fourth-order valence-corrected chi connectivity index (χ4v) is 4.10. The van der Waals surface area contributed by atoms with Gasteiger partial charge >= 0.3 is 6.18 Å². The third-order valence-corrected chi connectivity index (χ3v) is 5.30. The van der Waals surface area contributed by atoms with Gasteiger partial charge in [0.05, 0.1) is 23.2 Å². The smallest absolute Gasteiger partial charge is 0.324 e. The van der Waals surface area contributed by atoms with Crippen molar-refractivity contribution in [2.24, 2.45) is 0 Å². The van der Waals surface area contributed by atoms with Crippen molar-refractivity contribution in [2.45, 2.75) is 25.6 Å². The number of hydrogen-bond acceptors (Lipinski definition) is 3. The summed E-state index contributed by atoms with van der Waals surface area (Å²) in [5.74, 6) is -0.885. The lowest BCUT2D eigenvalue weighted by molar-refractivity contribution is -0.137. The van der Waals surface area contributed by atoms with E-state index in [0.29, 0.717) is 6.07 Å². The summed E-state index contributed by atoms with van der Waals surface area (Å²) in [6.07, 6.45) is -3.77. The first-order chi connectivity index (χ1) is 12.9. The fourth-order valence-electron chi connectivity index (χ4n) is 2.71. The molecule has 0 aromatic heterocycles. The third kappa shape index (κ3) is 5.17. The number of amides is 1. The van der Waals surface area contributed by atoms with E-state index < -0.39 is 39.4 Å². The SMILES string of the molecule is CC[C@@H](C(=O)Nc1ccc(Cl)cc1C(F)(F)F)N(c1ccccc1)S(C)(=O)=O. The summed E-state index contributed by atoms with van der Waals surface area (Å²) >= 11 is 5.64. The van der Waals surface area contributed by atoms with Gasteiger partial charge in [-0.15, -0.1) is 0 Å². The molecule has 2 rings (SSSR count). The zero-order chi connectivity index (χ0) is 21.1. The summed E-state index contributed by atoms with van der Waals surface area (Å²) in [4.78, 5) is 12.8. The van der Waals surface area contributed by atoms with Crippen molar-refractivity contribution < 1.29 is 26.4 Å². The third-order valence-electron chi connectivity index (χ3n) is 3.89. The van der Waals surface area contributed by atoms with E-state index in [4.69, 9.17) is 11.6 Å². The lowest BCUT2D eigenvalue weighted by Crippen LogP contribution is -2.47. The molecule has 5 nitrogen and oxygen atoms in total. The van der Waals surface area contributed by atoms with Crippen LogP contribution in [0, 0.1) is 0 Å². The molecule has 0 heterocycles. The Hall–Kier alpha value is -2.26. The fraction of sp³-hybridized carbons (Fsp3) is 0.278. The number of nitrogens with zero attached hydrogens (tertiary/aromatic N) is 1. The Balaban J connectivity index is 2.44. The summed E-state index contributed by atoms with van der Waals surface area (Å²) in [6, 6.07) is 9.56. The van der Waals surface area contributed by atoms with E-state index in [-0.39, 0.29) is 17.1 Å². The number of rotatable bonds is 6. The summed E-state index contributed by atoms with van der Waals surface area (Å²) in [6.45, 7) is 1.57. The van der Waals surface area contributed by atoms with Crippen molar-refractivity contribution in [3.63, 3.8) is 0 Å². The number of carbonyl (C=O) groups excluding carboxylic acids is 1. The van der Waals surface area contributed by atoms with Crippen LogP contribution < -0.4 is 9.62 Å². The monoisotopic (exact) mass is 434 g/mol. The molecule has 0 fully saturated rings. The first-order valence-electron chi connectivity index (χ1n) is 8.17. The van der Waals surface area contributed by atoms with Gasteiger partial charge in [0.15, 0.2) is 0 Å². The van der Waals surface area contributed by atoms with E-state index in [1.54, 1.807) is 25.1 Å². The first-order valence-corrected chi connectivity index (χ1v) is 10.4. The number of halogens is 4. The lowest BCUT2D eigenvalue weighted by Gasteiger charge is -2.30. The van der Waals surface area contributed by atoms with Crippen LogP contribution in [0.1, 0.15) is 18.9 Å². The quantitative estimate of drug-likeness (QED) is 0.725. The minimum Gasteiger partial charge on any atom is -0.324 e. The van der Waals surface area contributed by atoms with Gasteiger partial charge in [-0.2, -0.15) is 13.2 Å². The largest absolute Gasteiger partial charge is 0.418 e. The molecule has 1 atom stereocenters. The summed E-state index contributed by atoms with van der Waals surface area (Å²) < 4.78 is 65.3. The molecule has 2 aromatic carbocycles. The first kappa shape index (κ1) is 22.0. The van der Waals surface area contributed by atoms with Crippen molar-refractivity contribution in [1.29, 1.82) is 0 Å². The normalized spacial score (nSPS) is 13.1. The van der Waals surface area contributed by atoms with Gasteiger partial charge in [-0.05, 0) is 36.8 Å². The highest BCUT2D eigenvalue weighted by Gasteiger charge is 2.36. The van der Waals surface area contributed by atoms with Crippen LogP contribution in [-0.2, 0) is 21.0 Å². The van der Waals surface area contributed by atoms with Gasteiger partial charge in [0, 0.05) is 5.02 Å². The van der Waals surface area contributed by atoms with Crippen LogP contribution in [0.3, 0.4) is 0 Å². The molecule has 0 saturated carbocycles. The van der Waals surface area contributed by atoms with Crippen molar-refractivity contribution in [3.05, 3.63) is 59.1 Å². The average molecular weight is 435 g/mol. The highest BCUT2D eigenvalue weighted by molar-refractivity contribution is 7.92. The Kier molecular flexibility index (Phi) is 6.61. The molecule has 0 unspecified atom stereocenters. The van der Waals surface area contributed by atoms with E-state index in [0.717, 1.165) is 16.6 Å². The van der Waals surface area contributed by atoms with Crippen molar-refractivity contribution in [3.8, 4) is 0 Å². The highest BCUT2D eigenvalue weighted by Crippen LogP contribution is 2.36. The summed E-state index contributed by atoms with van der Waals surface area (Å²) in [7, 11) is -3.88. The Labute approximate surface area is 166 Å². The maximum Gasteiger partial charge on any atom is 0.418 e. The second-order valence-corrected chi connectivity index (χ2v) is 8.29. The number of benzene rings is 2. The summed E-state index contributed by atoms with van der Waals surface area (Å²) in [5.41, 5.74) is -1.38. The predicted octanol–water partition coefficient (Wildman–Crippen LogP) is 4.54. The second kappa shape index (κ2) is 8.40. The van der Waals surface area contributed by atoms with Crippen molar-refractivity contribution in [1.82, 2.24) is 0 Å². The molecular weight excluding hydrogens is 417 g/mol. The van der Waals surface area contributed by atoms with E-state index >= 15 is 0 Å². The van der Waals surface area contributed by atoms with Gasteiger partial charge in [-0.3, -0.25) is 9.10 Å². The van der Waals surface area contributed by atoms with E-state index in [2.05, 4.69) is 5.32 Å². The zero-order valence-corrected chi connectivity index (χ0v) is 16.6. The average Bonchev–Trinajstić information content (AvgIpc) is 2.59. The predicted molar refractivity (Wildman–Crippen MR) is 103 cm³/mol. The Morgan fingerprint density at radius 1 is 1.18 bits per heavy atom. The molecule has 1 N–H and O–H groups in total. The van der Waals surface area contributed by atoms with E-state index in [9.17, 15) is 26.4 Å². The Bertz CT molecular complexity index is 950. The van der Waals surface area contributed by atoms with Gasteiger partial charge in [0.1, 0.15) is 6.04 Å². The van der Waals surface area contributed by atoms with Crippen LogP contribution in [0.25, 0.3) is 0 Å². The van der Waals surface area contributed by atoms with Gasteiger partial charge in [0.2, 0.25) is 15.9 Å². The molecule has 0 radical (unpaired) electrons. The molecule has 0 saturated heterocycles. The lowest BCUT2D eigenvalue weighted by atomic mass is 10.1. The number of anilines is 2. The number of carbonyl (C=O) groups is 1.